The van der Waals surface area contributed by atoms with Gasteiger partial charge in [-0.3, -0.25) is 4.79 Å². The van der Waals surface area contributed by atoms with E-state index in [2.05, 4.69) is 108 Å². The monoisotopic (exact) mass is 520 g/mol. The highest BCUT2D eigenvalue weighted by Crippen LogP contribution is 2.33. The van der Waals surface area contributed by atoms with Crippen molar-refractivity contribution in [3.8, 4) is 17.2 Å². The van der Waals surface area contributed by atoms with Crippen LogP contribution in [0.4, 0.5) is 5.69 Å². The third-order valence-corrected chi connectivity index (χ3v) is 6.79. The topological polar surface area (TPSA) is 79.3 Å². The van der Waals surface area contributed by atoms with Gasteiger partial charge in [0.15, 0.2) is 6.07 Å². The lowest BCUT2D eigenvalue weighted by Gasteiger charge is -2.24. The summed E-state index contributed by atoms with van der Waals surface area (Å²) in [5.41, 5.74) is 8.08. The molecule has 0 saturated carbocycles. The van der Waals surface area contributed by atoms with Gasteiger partial charge in [0.1, 0.15) is 0 Å². The highest BCUT2D eigenvalue weighted by Gasteiger charge is 2.24. The van der Waals surface area contributed by atoms with E-state index in [1.54, 1.807) is 17.3 Å². The maximum atomic E-state index is 12.2. The lowest BCUT2D eigenvalue weighted by atomic mass is 9.96. The van der Waals surface area contributed by atoms with Gasteiger partial charge in [-0.2, -0.15) is 5.26 Å². The predicted octanol–water partition coefficient (Wildman–Crippen LogP) is 5.26. The Morgan fingerprint density at radius 3 is 2.49 bits per heavy atom. The van der Waals surface area contributed by atoms with Crippen LogP contribution in [-0.2, 0) is 30.8 Å². The number of hydrogen-bond donors (Lipinski definition) is 1. The van der Waals surface area contributed by atoms with Gasteiger partial charge >= 0.3 is 5.91 Å². The second kappa shape index (κ2) is 13.4. The van der Waals surface area contributed by atoms with E-state index in [0.29, 0.717) is 26.2 Å². The quantitative estimate of drug-likeness (QED) is 0.351. The van der Waals surface area contributed by atoms with Gasteiger partial charge < -0.3 is 19.7 Å². The second-order valence-electron chi connectivity index (χ2n) is 9.91. The molecular formula is C32H36N6O. The number of amides is 1. The SMILES string of the molecule is CCc1ccccc1.CN(C)Cc1ccccc1-c1ccc2c(c1)CN(C(=O)C#N)CCN2Cc1cnc[nH]1. The summed E-state index contributed by atoms with van der Waals surface area (Å²) in [7, 11) is 4.12. The van der Waals surface area contributed by atoms with Crippen molar-refractivity contribution in [1.82, 2.24) is 19.8 Å². The van der Waals surface area contributed by atoms with Gasteiger partial charge in [-0.25, -0.2) is 4.98 Å². The average molecular weight is 521 g/mol. The fourth-order valence-corrected chi connectivity index (χ4v) is 4.81. The average Bonchev–Trinajstić information content (AvgIpc) is 3.41. The lowest BCUT2D eigenvalue weighted by molar-refractivity contribution is -0.125. The molecule has 0 radical (unpaired) electrons. The summed E-state index contributed by atoms with van der Waals surface area (Å²) in [6.07, 6.45) is 4.62. The number of fused-ring (bicyclic) bond motifs is 1. The molecule has 3 aromatic carbocycles. The third-order valence-electron chi connectivity index (χ3n) is 6.79. The Labute approximate surface area is 231 Å². The third kappa shape index (κ3) is 7.34. The zero-order valence-corrected chi connectivity index (χ0v) is 23.0. The molecule has 7 nitrogen and oxygen atoms in total. The smallest absolute Gasteiger partial charge is 0.325 e. The molecule has 0 unspecified atom stereocenters. The molecule has 1 aromatic heterocycles. The van der Waals surface area contributed by atoms with Gasteiger partial charge in [-0.15, -0.1) is 0 Å². The molecule has 2 heterocycles. The molecule has 0 bridgehead atoms. The fourth-order valence-electron chi connectivity index (χ4n) is 4.81. The molecule has 1 aliphatic heterocycles. The Morgan fingerprint density at radius 1 is 1.05 bits per heavy atom. The Hall–Kier alpha value is -4.41. The molecule has 0 spiro atoms. The fraction of sp³-hybridized carbons (Fsp3) is 0.281. The number of H-pyrrole nitrogens is 1. The summed E-state index contributed by atoms with van der Waals surface area (Å²) < 4.78 is 0. The van der Waals surface area contributed by atoms with Crippen molar-refractivity contribution in [2.24, 2.45) is 0 Å². The number of benzene rings is 3. The molecule has 0 fully saturated rings. The first-order valence-corrected chi connectivity index (χ1v) is 13.3. The number of anilines is 1. The summed E-state index contributed by atoms with van der Waals surface area (Å²) in [6.45, 7) is 5.24. The molecule has 1 amide bonds. The minimum absolute atomic E-state index is 0.422. The number of nitrogens with one attached hydrogen (secondary N) is 1. The molecular weight excluding hydrogens is 484 g/mol. The van der Waals surface area contributed by atoms with Crippen LogP contribution in [0.1, 0.15) is 29.3 Å². The molecule has 0 atom stereocenters. The minimum atomic E-state index is -0.493. The number of aromatic nitrogens is 2. The van der Waals surface area contributed by atoms with Crippen molar-refractivity contribution < 1.29 is 4.79 Å². The number of imidazole rings is 1. The molecule has 4 aromatic rings. The Kier molecular flexibility index (Phi) is 9.49. The van der Waals surface area contributed by atoms with E-state index in [4.69, 9.17) is 0 Å². The molecule has 7 heteroatoms. The maximum absolute atomic E-state index is 12.2. The highest BCUT2D eigenvalue weighted by molar-refractivity contribution is 5.91. The zero-order chi connectivity index (χ0) is 27.6. The number of carbonyl (C=O) groups excluding carboxylic acids is 1. The zero-order valence-electron chi connectivity index (χ0n) is 23.0. The van der Waals surface area contributed by atoms with Crippen LogP contribution in [-0.4, -0.2) is 52.9 Å². The van der Waals surface area contributed by atoms with Crippen molar-refractivity contribution in [1.29, 1.82) is 5.26 Å². The van der Waals surface area contributed by atoms with Crippen LogP contribution < -0.4 is 4.90 Å². The molecule has 39 heavy (non-hydrogen) atoms. The summed E-state index contributed by atoms with van der Waals surface area (Å²) in [5.74, 6) is -0.493. The van der Waals surface area contributed by atoms with Crippen molar-refractivity contribution >= 4 is 11.6 Å². The standard InChI is InChI=1S/C24H26N6O.C8H10/c1-28(2)14-19-5-3-4-6-22(19)18-7-8-23-20(11-18)15-30(24(31)12-25)10-9-29(23)16-21-13-26-17-27-21;1-2-8-6-4-3-5-7-8/h3-8,11,13,17H,9-10,14-16H2,1-2H3,(H,26,27);3-7H,2H2,1H3. The van der Waals surface area contributed by atoms with Gasteiger partial charge in [0.05, 0.1) is 18.6 Å². The summed E-state index contributed by atoms with van der Waals surface area (Å²) in [4.78, 5) is 25.5. The highest BCUT2D eigenvalue weighted by atomic mass is 16.2. The normalized spacial score (nSPS) is 12.7. The second-order valence-corrected chi connectivity index (χ2v) is 9.91. The van der Waals surface area contributed by atoms with E-state index < -0.39 is 5.91 Å². The van der Waals surface area contributed by atoms with Crippen LogP contribution in [0.15, 0.2) is 85.3 Å². The predicted molar refractivity (Wildman–Crippen MR) is 156 cm³/mol. The Morgan fingerprint density at radius 2 is 1.82 bits per heavy atom. The summed E-state index contributed by atoms with van der Waals surface area (Å²) >= 11 is 0. The van der Waals surface area contributed by atoms with E-state index in [1.165, 1.54) is 16.7 Å². The van der Waals surface area contributed by atoms with Gasteiger partial charge in [0, 0.05) is 38.1 Å². The van der Waals surface area contributed by atoms with Crippen LogP contribution in [0.5, 0.6) is 0 Å². The van der Waals surface area contributed by atoms with Crippen molar-refractivity contribution in [2.45, 2.75) is 33.0 Å². The van der Waals surface area contributed by atoms with Gasteiger partial charge in [0.2, 0.25) is 0 Å². The number of rotatable bonds is 6. The number of aromatic amines is 1. The number of carbonyl (C=O) groups is 1. The van der Waals surface area contributed by atoms with Crippen LogP contribution in [0.25, 0.3) is 11.1 Å². The molecule has 0 aliphatic carbocycles. The first-order chi connectivity index (χ1) is 19.0. The largest absolute Gasteiger partial charge is 0.364 e. The van der Waals surface area contributed by atoms with E-state index in [0.717, 1.165) is 35.5 Å². The van der Waals surface area contributed by atoms with Crippen molar-refractivity contribution in [2.75, 3.05) is 32.1 Å². The van der Waals surface area contributed by atoms with Crippen LogP contribution in [0.3, 0.4) is 0 Å². The minimum Gasteiger partial charge on any atom is -0.364 e. The van der Waals surface area contributed by atoms with E-state index >= 15 is 0 Å². The van der Waals surface area contributed by atoms with Gasteiger partial charge in [-0.1, -0.05) is 67.6 Å². The van der Waals surface area contributed by atoms with E-state index in [9.17, 15) is 10.1 Å². The van der Waals surface area contributed by atoms with Crippen molar-refractivity contribution in [3.05, 3.63) is 108 Å². The maximum Gasteiger partial charge on any atom is 0.325 e. The van der Waals surface area contributed by atoms with Crippen LogP contribution in [0, 0.1) is 11.3 Å². The lowest BCUT2D eigenvalue weighted by Crippen LogP contribution is -2.34. The van der Waals surface area contributed by atoms with Gasteiger partial charge in [-0.05, 0) is 60.5 Å². The first-order valence-electron chi connectivity index (χ1n) is 13.3. The van der Waals surface area contributed by atoms with Crippen LogP contribution in [0.2, 0.25) is 0 Å². The molecule has 200 valence electrons. The molecule has 1 aliphatic rings. The Bertz CT molecular complexity index is 1390. The molecule has 1 N–H and O–H groups in total. The summed E-state index contributed by atoms with van der Waals surface area (Å²) in [5, 5.41) is 9.18. The molecule has 0 saturated heterocycles. The first kappa shape index (κ1) is 27.6. The number of nitriles is 1. The van der Waals surface area contributed by atoms with E-state index in [-0.39, 0.29) is 0 Å². The number of nitrogens with zero attached hydrogens (tertiary/aromatic N) is 5. The number of hydrogen-bond acceptors (Lipinski definition) is 5. The van der Waals surface area contributed by atoms with E-state index in [1.807, 2.05) is 12.3 Å². The van der Waals surface area contributed by atoms with Crippen molar-refractivity contribution in [3.63, 3.8) is 0 Å². The Balaban J connectivity index is 0.000000379. The molecule has 5 rings (SSSR count). The van der Waals surface area contributed by atoms with Gasteiger partial charge in [0.25, 0.3) is 0 Å². The number of aryl methyl sites for hydroxylation is 1. The summed E-state index contributed by atoms with van der Waals surface area (Å²) in [6, 6.07) is 27.1. The van der Waals surface area contributed by atoms with Crippen LogP contribution >= 0.6 is 0 Å².